The molecule has 1 aliphatic rings. The number of rotatable bonds is 7. The molecular formula is C20H22FN3O3. The van der Waals surface area contributed by atoms with Crippen molar-refractivity contribution in [3.05, 3.63) is 59.9 Å². The molecule has 0 spiro atoms. The summed E-state index contributed by atoms with van der Waals surface area (Å²) in [4.78, 5) is 24.2. The SMILES string of the molecule is O=C(CNc1cccc(C(=O)NCC2CCCO2)c1)Nc1ccccc1F. The summed E-state index contributed by atoms with van der Waals surface area (Å²) in [6.07, 6.45) is 2.06. The molecule has 6 nitrogen and oxygen atoms in total. The third-order valence-corrected chi connectivity index (χ3v) is 4.24. The van der Waals surface area contributed by atoms with Crippen molar-refractivity contribution in [3.63, 3.8) is 0 Å². The minimum absolute atomic E-state index is 0.0463. The second-order valence-electron chi connectivity index (χ2n) is 6.31. The Kier molecular flexibility index (Phi) is 6.38. The van der Waals surface area contributed by atoms with Gasteiger partial charge in [-0.1, -0.05) is 18.2 Å². The van der Waals surface area contributed by atoms with Crippen molar-refractivity contribution in [1.82, 2.24) is 5.32 Å². The number of amides is 2. The number of para-hydroxylation sites is 1. The molecule has 0 bridgehead atoms. The van der Waals surface area contributed by atoms with Crippen LogP contribution in [0.2, 0.25) is 0 Å². The minimum Gasteiger partial charge on any atom is -0.376 e. The number of halogens is 1. The Balaban J connectivity index is 1.50. The average molecular weight is 371 g/mol. The van der Waals surface area contributed by atoms with Crippen LogP contribution in [-0.4, -0.2) is 37.6 Å². The highest BCUT2D eigenvalue weighted by Gasteiger charge is 2.16. The zero-order valence-corrected chi connectivity index (χ0v) is 14.8. The molecule has 27 heavy (non-hydrogen) atoms. The lowest BCUT2D eigenvalue weighted by molar-refractivity contribution is -0.114. The van der Waals surface area contributed by atoms with Gasteiger partial charge in [0, 0.05) is 24.4 Å². The first-order valence-electron chi connectivity index (χ1n) is 8.90. The summed E-state index contributed by atoms with van der Waals surface area (Å²) in [6, 6.07) is 12.8. The number of ether oxygens (including phenoxy) is 1. The van der Waals surface area contributed by atoms with Crippen LogP contribution in [-0.2, 0) is 9.53 Å². The first-order chi connectivity index (χ1) is 13.1. The Bertz CT molecular complexity index is 807. The molecule has 1 fully saturated rings. The van der Waals surface area contributed by atoms with Gasteiger partial charge in [-0.05, 0) is 43.2 Å². The molecule has 0 radical (unpaired) electrons. The highest BCUT2D eigenvalue weighted by molar-refractivity contribution is 5.96. The van der Waals surface area contributed by atoms with Crippen LogP contribution in [0.5, 0.6) is 0 Å². The van der Waals surface area contributed by atoms with E-state index in [4.69, 9.17) is 4.74 Å². The summed E-state index contributed by atoms with van der Waals surface area (Å²) < 4.78 is 19.0. The fraction of sp³-hybridized carbons (Fsp3) is 0.300. The van der Waals surface area contributed by atoms with Crippen LogP contribution >= 0.6 is 0 Å². The van der Waals surface area contributed by atoms with Gasteiger partial charge >= 0.3 is 0 Å². The Morgan fingerprint density at radius 1 is 1.15 bits per heavy atom. The summed E-state index contributed by atoms with van der Waals surface area (Å²) in [6.45, 7) is 1.19. The van der Waals surface area contributed by atoms with Crippen LogP contribution in [0.25, 0.3) is 0 Å². The number of carbonyl (C=O) groups excluding carboxylic acids is 2. The van der Waals surface area contributed by atoms with Gasteiger partial charge in [0.05, 0.1) is 18.3 Å². The van der Waals surface area contributed by atoms with Crippen molar-refractivity contribution < 1.29 is 18.7 Å². The van der Waals surface area contributed by atoms with Gasteiger partial charge < -0.3 is 20.7 Å². The maximum atomic E-state index is 13.6. The number of hydrogen-bond acceptors (Lipinski definition) is 4. The maximum Gasteiger partial charge on any atom is 0.251 e. The summed E-state index contributed by atoms with van der Waals surface area (Å²) in [7, 11) is 0. The van der Waals surface area contributed by atoms with Crippen molar-refractivity contribution in [2.75, 3.05) is 30.3 Å². The van der Waals surface area contributed by atoms with Crippen molar-refractivity contribution in [3.8, 4) is 0 Å². The van der Waals surface area contributed by atoms with Crippen molar-refractivity contribution in [2.24, 2.45) is 0 Å². The van der Waals surface area contributed by atoms with E-state index in [2.05, 4.69) is 16.0 Å². The third-order valence-electron chi connectivity index (χ3n) is 4.24. The second kappa shape index (κ2) is 9.14. The van der Waals surface area contributed by atoms with Gasteiger partial charge in [0.2, 0.25) is 5.91 Å². The number of hydrogen-bond donors (Lipinski definition) is 3. The summed E-state index contributed by atoms with van der Waals surface area (Å²) in [5.74, 6) is -1.06. The number of carbonyl (C=O) groups is 2. The van der Waals surface area contributed by atoms with Crippen LogP contribution in [0, 0.1) is 5.82 Å². The standard InChI is InChI=1S/C20H22FN3O3/c21-17-8-1-2-9-18(17)24-19(25)13-22-15-6-3-5-14(11-15)20(26)23-12-16-7-4-10-27-16/h1-3,5-6,8-9,11,16,22H,4,7,10,12-13H2,(H,23,26)(H,24,25). The smallest absolute Gasteiger partial charge is 0.251 e. The molecule has 1 unspecified atom stereocenters. The van der Waals surface area contributed by atoms with E-state index in [-0.39, 0.29) is 30.2 Å². The molecule has 1 heterocycles. The Hall–Kier alpha value is -2.93. The highest BCUT2D eigenvalue weighted by atomic mass is 19.1. The Morgan fingerprint density at radius 3 is 2.78 bits per heavy atom. The molecule has 2 aromatic carbocycles. The van der Waals surface area contributed by atoms with Crippen LogP contribution < -0.4 is 16.0 Å². The molecule has 1 saturated heterocycles. The maximum absolute atomic E-state index is 13.6. The minimum atomic E-state index is -0.490. The summed E-state index contributed by atoms with van der Waals surface area (Å²) in [5.41, 5.74) is 1.25. The molecule has 3 rings (SSSR count). The first kappa shape index (κ1) is 18.8. The van der Waals surface area contributed by atoms with Gasteiger partial charge in [0.25, 0.3) is 5.91 Å². The highest BCUT2D eigenvalue weighted by Crippen LogP contribution is 2.14. The molecule has 0 aromatic heterocycles. The van der Waals surface area contributed by atoms with Crippen LogP contribution in [0.4, 0.5) is 15.8 Å². The zero-order chi connectivity index (χ0) is 19.1. The fourth-order valence-electron chi connectivity index (χ4n) is 2.82. The van der Waals surface area contributed by atoms with Crippen LogP contribution in [0.3, 0.4) is 0 Å². The van der Waals surface area contributed by atoms with E-state index in [0.717, 1.165) is 19.4 Å². The summed E-state index contributed by atoms with van der Waals surface area (Å²) >= 11 is 0. The van der Waals surface area contributed by atoms with E-state index in [0.29, 0.717) is 17.8 Å². The monoisotopic (exact) mass is 371 g/mol. The molecule has 142 valence electrons. The van der Waals surface area contributed by atoms with Crippen LogP contribution in [0.1, 0.15) is 23.2 Å². The summed E-state index contributed by atoms with van der Waals surface area (Å²) in [5, 5.41) is 8.30. The molecule has 0 aliphatic carbocycles. The van der Waals surface area contributed by atoms with Crippen molar-refractivity contribution in [1.29, 1.82) is 0 Å². The predicted octanol–water partition coefficient (Wildman–Crippen LogP) is 2.79. The van der Waals surface area contributed by atoms with Crippen molar-refractivity contribution >= 4 is 23.2 Å². The average Bonchev–Trinajstić information content (AvgIpc) is 3.20. The van der Waals surface area contributed by atoms with E-state index in [9.17, 15) is 14.0 Å². The van der Waals surface area contributed by atoms with E-state index in [1.54, 1.807) is 36.4 Å². The molecule has 2 aromatic rings. The molecule has 2 amide bonds. The zero-order valence-electron chi connectivity index (χ0n) is 14.8. The van der Waals surface area contributed by atoms with E-state index in [1.807, 2.05) is 0 Å². The third kappa shape index (κ3) is 5.52. The predicted molar refractivity (Wildman–Crippen MR) is 101 cm³/mol. The molecule has 1 atom stereocenters. The van der Waals surface area contributed by atoms with E-state index < -0.39 is 5.82 Å². The number of anilines is 2. The Labute approximate surface area is 157 Å². The quantitative estimate of drug-likeness (QED) is 0.699. The van der Waals surface area contributed by atoms with Gasteiger partial charge in [0.1, 0.15) is 5.82 Å². The van der Waals surface area contributed by atoms with E-state index in [1.165, 1.54) is 12.1 Å². The lowest BCUT2D eigenvalue weighted by Crippen LogP contribution is -2.31. The molecule has 1 aliphatic heterocycles. The van der Waals surface area contributed by atoms with Crippen molar-refractivity contribution in [2.45, 2.75) is 18.9 Å². The van der Waals surface area contributed by atoms with E-state index >= 15 is 0 Å². The van der Waals surface area contributed by atoms with Gasteiger partial charge in [-0.15, -0.1) is 0 Å². The topological polar surface area (TPSA) is 79.5 Å². The van der Waals surface area contributed by atoms with Gasteiger partial charge in [-0.3, -0.25) is 9.59 Å². The molecule has 3 N–H and O–H groups in total. The first-order valence-corrected chi connectivity index (χ1v) is 8.90. The number of benzene rings is 2. The Morgan fingerprint density at radius 2 is 2.00 bits per heavy atom. The molecule has 7 heteroatoms. The normalized spacial score (nSPS) is 16.0. The molecular weight excluding hydrogens is 349 g/mol. The lowest BCUT2D eigenvalue weighted by atomic mass is 10.1. The largest absolute Gasteiger partial charge is 0.376 e. The second-order valence-corrected chi connectivity index (χ2v) is 6.31. The van der Waals surface area contributed by atoms with Crippen LogP contribution in [0.15, 0.2) is 48.5 Å². The fourth-order valence-corrected chi connectivity index (χ4v) is 2.82. The lowest BCUT2D eigenvalue weighted by Gasteiger charge is -2.12. The number of nitrogens with one attached hydrogen (secondary N) is 3. The molecule has 0 saturated carbocycles. The van der Waals surface area contributed by atoms with Gasteiger partial charge in [-0.25, -0.2) is 4.39 Å². The van der Waals surface area contributed by atoms with Gasteiger partial charge in [-0.2, -0.15) is 0 Å². The van der Waals surface area contributed by atoms with Gasteiger partial charge in [0.15, 0.2) is 0 Å².